The average molecular weight is 882 g/mol. The Hall–Kier alpha value is -4.48. The number of ketones is 1. The fourth-order valence-electron chi connectivity index (χ4n) is 9.86. The van der Waals surface area contributed by atoms with Crippen LogP contribution in [0.4, 0.5) is 0 Å². The number of Topliss-reactive ketones (excluding diaryl/α,β-unsaturated/α-hetero) is 1. The van der Waals surface area contributed by atoms with Crippen molar-refractivity contribution in [3.8, 4) is 0 Å². The molecular weight excluding hydrogens is 826 g/mol. The summed E-state index contributed by atoms with van der Waals surface area (Å²) in [4.78, 5) is 75.8. The van der Waals surface area contributed by atoms with Crippen molar-refractivity contribution in [2.24, 2.45) is 16.7 Å². The van der Waals surface area contributed by atoms with Gasteiger partial charge in [-0.2, -0.15) is 5.48 Å². The van der Waals surface area contributed by atoms with Crippen molar-refractivity contribution in [3.63, 3.8) is 0 Å². The van der Waals surface area contributed by atoms with E-state index in [4.69, 9.17) is 40.1 Å². The predicted octanol–water partition coefficient (Wildman–Crippen LogP) is 4.84. The molecule has 62 heavy (non-hydrogen) atoms. The van der Waals surface area contributed by atoms with Gasteiger partial charge in [-0.15, -0.1) is 0 Å². The molecule has 2 saturated carbocycles. The second-order valence-electron chi connectivity index (χ2n) is 17.4. The van der Waals surface area contributed by atoms with E-state index in [1.165, 1.54) is 32.0 Å². The lowest BCUT2D eigenvalue weighted by Gasteiger charge is -2.67. The number of carbonyl (C=O) groups excluding carboxylic acids is 5. The van der Waals surface area contributed by atoms with E-state index in [9.17, 15) is 34.5 Å². The quantitative estimate of drug-likeness (QED) is 0.0918. The number of hydrogen-bond donors (Lipinski definition) is 4. The molecular formula is C46H56ClNO14. The van der Waals surface area contributed by atoms with Crippen LogP contribution in [0.1, 0.15) is 96.6 Å². The molecule has 16 heteroatoms. The minimum Gasteiger partial charge on any atom is -0.461 e. The van der Waals surface area contributed by atoms with Crippen LogP contribution >= 0.6 is 11.6 Å². The summed E-state index contributed by atoms with van der Waals surface area (Å²) in [6.07, 6.45) is -8.46. The Morgan fingerprint density at radius 2 is 1.73 bits per heavy atom. The first-order valence-electron chi connectivity index (χ1n) is 20.7. The molecule has 3 aliphatic carbocycles. The lowest BCUT2D eigenvalue weighted by Crippen LogP contribution is -2.82. The van der Waals surface area contributed by atoms with Crippen molar-refractivity contribution in [3.05, 3.63) is 93.5 Å². The number of halogens is 1. The maximum atomic E-state index is 15.4. The molecule has 4 aliphatic rings. The smallest absolute Gasteiger partial charge is 0.338 e. The Labute approximate surface area is 365 Å². The maximum absolute atomic E-state index is 15.4. The number of aliphatic hydroxyl groups is 3. The highest BCUT2D eigenvalue weighted by Gasteiger charge is 2.78. The van der Waals surface area contributed by atoms with Crippen LogP contribution in [0.5, 0.6) is 0 Å². The fourth-order valence-corrected chi connectivity index (χ4v) is 10.0. The SMILES string of the molecule is C/C=C(\C)CON[C@@H](c1ccccc1)[C@@H](O)C(=O)O[C@H]1C[C@@]2(O)[C@@H](OC(=O)c3cccc(Cl)c3)C3[C@](C)(C(=O)[C@H](O)C(=C1C)C2(C)C)[C@@H](OC(=O)CC)C[C@H]1OC[C@@]31OC(C)=O. The summed E-state index contributed by atoms with van der Waals surface area (Å²) in [6.45, 7) is 12.3. The largest absolute Gasteiger partial charge is 0.461 e. The van der Waals surface area contributed by atoms with E-state index in [0.29, 0.717) is 5.56 Å². The summed E-state index contributed by atoms with van der Waals surface area (Å²) in [5.74, 6) is -6.04. The normalized spacial score (nSPS) is 32.4. The van der Waals surface area contributed by atoms with Gasteiger partial charge in [-0.1, -0.05) is 80.4 Å². The molecule has 0 radical (unpaired) electrons. The zero-order chi connectivity index (χ0) is 45.5. The minimum absolute atomic E-state index is 0.0260. The first-order valence-corrected chi connectivity index (χ1v) is 21.1. The molecule has 336 valence electrons. The highest BCUT2D eigenvalue weighted by atomic mass is 35.5. The Balaban J connectivity index is 1.53. The number of fused-ring (bicyclic) bond motifs is 5. The molecule has 1 saturated heterocycles. The molecule has 0 spiro atoms. The first kappa shape index (κ1) is 47.0. The van der Waals surface area contributed by atoms with E-state index >= 15 is 4.79 Å². The molecule has 1 unspecified atom stereocenters. The minimum atomic E-state index is -2.38. The van der Waals surface area contributed by atoms with Gasteiger partial charge in [0.25, 0.3) is 0 Å². The predicted molar refractivity (Wildman–Crippen MR) is 222 cm³/mol. The average Bonchev–Trinajstić information content (AvgIpc) is 3.22. The number of carbonyl (C=O) groups is 5. The standard InChI is InChI=1S/C46H56ClNO14/c1-9-24(3)22-58-48-35(27-15-12-11-13-16-27)37(52)42(55)59-30-21-46(56)40(61-41(54)28-17-14-18-29(47)19-28)38-44(8,39(53)36(51)34(25(30)4)43(46,6)7)31(60-33(50)10-2)20-32-45(38,23-57-32)62-26(5)49/h9,11-19,30-32,35-38,40,48,51-52,56H,10,20-23H2,1-8H3/b24-9+/t30-,31-,32+,35-,36+,37+,38?,40-,44+,45-,46+/m0/s1. The second kappa shape index (κ2) is 17.9. The number of aliphatic hydroxyl groups excluding tert-OH is 2. The van der Waals surface area contributed by atoms with Crippen molar-refractivity contribution in [2.45, 2.75) is 129 Å². The highest BCUT2D eigenvalue weighted by Crippen LogP contribution is 2.64. The van der Waals surface area contributed by atoms with Crippen LogP contribution < -0.4 is 5.48 Å². The van der Waals surface area contributed by atoms with E-state index in [0.717, 1.165) is 12.5 Å². The van der Waals surface area contributed by atoms with Gasteiger partial charge in [-0.25, -0.2) is 9.59 Å². The van der Waals surface area contributed by atoms with Gasteiger partial charge in [0.2, 0.25) is 0 Å². The first-order chi connectivity index (χ1) is 29.2. The van der Waals surface area contributed by atoms with E-state index < -0.39 is 107 Å². The lowest BCUT2D eigenvalue weighted by molar-refractivity contribution is -0.346. The fraction of sp³-hybridized carbons (Fsp3) is 0.543. The topological polar surface area (TPSA) is 213 Å². The van der Waals surface area contributed by atoms with Gasteiger partial charge in [-0.05, 0) is 62.6 Å². The van der Waals surface area contributed by atoms with Crippen LogP contribution in [-0.4, -0.2) is 106 Å². The van der Waals surface area contributed by atoms with Crippen molar-refractivity contribution >= 4 is 41.3 Å². The van der Waals surface area contributed by atoms with Crippen LogP contribution in [0.2, 0.25) is 5.02 Å². The molecule has 11 atom stereocenters. The number of hydrogen-bond acceptors (Lipinski definition) is 15. The second-order valence-corrected chi connectivity index (χ2v) is 17.9. The van der Waals surface area contributed by atoms with Crippen molar-refractivity contribution < 1.29 is 67.8 Å². The van der Waals surface area contributed by atoms with Gasteiger partial charge in [-0.3, -0.25) is 19.2 Å². The molecule has 2 bridgehead atoms. The Bertz CT molecular complexity index is 2140. The number of nitrogens with one attached hydrogen (secondary N) is 1. The summed E-state index contributed by atoms with van der Waals surface area (Å²) >= 11 is 6.29. The molecule has 2 aromatic carbocycles. The van der Waals surface area contributed by atoms with Crippen LogP contribution in [0.15, 0.2) is 77.4 Å². The molecule has 2 aromatic rings. The third-order valence-corrected chi connectivity index (χ3v) is 13.7. The van der Waals surface area contributed by atoms with Crippen molar-refractivity contribution in [1.82, 2.24) is 5.48 Å². The summed E-state index contributed by atoms with van der Waals surface area (Å²) < 4.78 is 30.6. The Morgan fingerprint density at radius 3 is 2.32 bits per heavy atom. The molecule has 0 aromatic heterocycles. The maximum Gasteiger partial charge on any atom is 0.338 e. The number of rotatable bonds is 13. The van der Waals surface area contributed by atoms with E-state index in [1.807, 2.05) is 19.9 Å². The van der Waals surface area contributed by atoms with Gasteiger partial charge in [0.05, 0.1) is 36.2 Å². The summed E-state index contributed by atoms with van der Waals surface area (Å²) in [6, 6.07) is 13.3. The molecule has 4 N–H and O–H groups in total. The molecule has 1 aliphatic heterocycles. The number of hydroxylamine groups is 1. The zero-order valence-electron chi connectivity index (χ0n) is 36.1. The van der Waals surface area contributed by atoms with Crippen LogP contribution in [0.3, 0.4) is 0 Å². The van der Waals surface area contributed by atoms with Gasteiger partial charge in [0.1, 0.15) is 36.1 Å². The number of ether oxygens (including phenoxy) is 5. The Kier molecular flexibility index (Phi) is 13.6. The van der Waals surface area contributed by atoms with Gasteiger partial charge in [0, 0.05) is 36.6 Å². The lowest BCUT2D eigenvalue weighted by atomic mass is 9.44. The Morgan fingerprint density at radius 1 is 1.03 bits per heavy atom. The van der Waals surface area contributed by atoms with Gasteiger partial charge in [0.15, 0.2) is 17.5 Å². The molecule has 3 fully saturated rings. The van der Waals surface area contributed by atoms with Crippen LogP contribution in [0, 0.1) is 16.7 Å². The number of benzene rings is 2. The van der Waals surface area contributed by atoms with Crippen LogP contribution in [-0.2, 0) is 47.7 Å². The van der Waals surface area contributed by atoms with Crippen molar-refractivity contribution in [2.75, 3.05) is 13.2 Å². The van der Waals surface area contributed by atoms with Gasteiger partial charge >= 0.3 is 23.9 Å². The summed E-state index contributed by atoms with van der Waals surface area (Å²) in [5.41, 5.74) is -3.60. The van der Waals surface area contributed by atoms with Crippen LogP contribution in [0.25, 0.3) is 0 Å². The highest BCUT2D eigenvalue weighted by molar-refractivity contribution is 6.30. The van der Waals surface area contributed by atoms with Gasteiger partial charge < -0.3 is 39.0 Å². The molecule has 0 amide bonds. The monoisotopic (exact) mass is 881 g/mol. The molecule has 15 nitrogen and oxygen atoms in total. The number of allylic oxidation sites excluding steroid dienone is 1. The van der Waals surface area contributed by atoms with E-state index in [1.54, 1.807) is 57.2 Å². The third-order valence-electron chi connectivity index (χ3n) is 13.5. The zero-order valence-corrected chi connectivity index (χ0v) is 36.9. The van der Waals surface area contributed by atoms with E-state index in [-0.39, 0.29) is 47.8 Å². The van der Waals surface area contributed by atoms with E-state index in [2.05, 4.69) is 5.48 Å². The summed E-state index contributed by atoms with van der Waals surface area (Å²) in [5, 5.41) is 38.0. The third kappa shape index (κ3) is 8.12. The molecule has 6 rings (SSSR count). The summed E-state index contributed by atoms with van der Waals surface area (Å²) in [7, 11) is 0. The molecule has 1 heterocycles. The van der Waals surface area contributed by atoms with Crippen molar-refractivity contribution in [1.29, 1.82) is 0 Å². The number of esters is 4.